The maximum Gasteiger partial charge on any atom is 0.417 e. The van der Waals surface area contributed by atoms with Gasteiger partial charge in [0.2, 0.25) is 0 Å². The fraction of sp³-hybridized carbons (Fsp3) is 0.100. The summed E-state index contributed by atoms with van der Waals surface area (Å²) in [5.74, 6) is 0. The Bertz CT molecular complexity index is 967. The Labute approximate surface area is 157 Å². The third-order valence-electron chi connectivity index (χ3n) is 4.21. The molecule has 0 aliphatic heterocycles. The van der Waals surface area contributed by atoms with Gasteiger partial charge in [-0.3, -0.25) is 0 Å². The number of alkyl halides is 6. The van der Waals surface area contributed by atoms with Crippen LogP contribution in [0.25, 0.3) is 0 Å². The number of hydrogen-bond donors (Lipinski definition) is 0. The molecule has 0 fully saturated rings. The summed E-state index contributed by atoms with van der Waals surface area (Å²) in [5, 5.41) is -0.469. The van der Waals surface area contributed by atoms with Crippen molar-refractivity contribution in [1.29, 1.82) is 0 Å². The highest BCUT2D eigenvalue weighted by Crippen LogP contribution is 2.47. The van der Waals surface area contributed by atoms with Crippen LogP contribution in [-0.2, 0) is 16.9 Å². The summed E-state index contributed by atoms with van der Waals surface area (Å²) in [6, 6.07) is 16.1. The summed E-state index contributed by atoms with van der Waals surface area (Å²) in [7, 11) is -4.07. The molecule has 1 nitrogen and oxygen atoms in total. The fourth-order valence-electron chi connectivity index (χ4n) is 2.92. The lowest BCUT2D eigenvalue weighted by atomic mass is 10.1. The first-order chi connectivity index (χ1) is 13.0. The summed E-state index contributed by atoms with van der Waals surface area (Å²) >= 11 is 0. The topological polar surface area (TPSA) is 17.1 Å². The summed E-state index contributed by atoms with van der Waals surface area (Å²) < 4.78 is 94.1. The van der Waals surface area contributed by atoms with Crippen molar-refractivity contribution in [2.75, 3.05) is 0 Å². The molecule has 28 heavy (non-hydrogen) atoms. The SMILES string of the molecule is O=P(c1ccccc1)(c1ccccc1)c1ccc(C(F)(F)F)cc1C(F)(F)F. The van der Waals surface area contributed by atoms with Crippen molar-refractivity contribution < 1.29 is 30.9 Å². The van der Waals surface area contributed by atoms with Crippen LogP contribution < -0.4 is 15.9 Å². The largest absolute Gasteiger partial charge is 0.417 e. The Morgan fingerprint density at radius 2 is 1.07 bits per heavy atom. The molecule has 0 aromatic heterocycles. The Morgan fingerprint density at radius 1 is 0.607 bits per heavy atom. The minimum atomic E-state index is -5.12. The number of halogens is 6. The van der Waals surface area contributed by atoms with Crippen LogP contribution in [-0.4, -0.2) is 0 Å². The number of benzene rings is 3. The molecule has 3 aromatic carbocycles. The molecule has 0 bridgehead atoms. The molecule has 0 N–H and O–H groups in total. The highest BCUT2D eigenvalue weighted by atomic mass is 31.2. The second kappa shape index (κ2) is 7.13. The van der Waals surface area contributed by atoms with Gasteiger partial charge in [0.25, 0.3) is 0 Å². The second-order valence-corrected chi connectivity index (χ2v) is 8.74. The standard InChI is InChI=1S/C20H13F6OP/c21-19(22,23)14-11-12-18(17(13-14)20(24,25)26)28(27,15-7-3-1-4-8-15)16-9-5-2-6-10-16/h1-13H. The van der Waals surface area contributed by atoms with E-state index in [1.807, 2.05) is 0 Å². The van der Waals surface area contributed by atoms with Crippen LogP contribution in [0.5, 0.6) is 0 Å². The average molecular weight is 414 g/mol. The molecule has 0 heterocycles. The minimum Gasteiger partial charge on any atom is -0.309 e. The molecule has 146 valence electrons. The maximum absolute atomic E-state index is 14.1. The molecular weight excluding hydrogens is 401 g/mol. The molecule has 0 aliphatic carbocycles. The normalized spacial score (nSPS) is 12.8. The van der Waals surface area contributed by atoms with Crippen molar-refractivity contribution >= 4 is 23.1 Å². The average Bonchev–Trinajstić information content (AvgIpc) is 2.67. The van der Waals surface area contributed by atoms with Crippen LogP contribution >= 0.6 is 7.14 Å². The van der Waals surface area contributed by atoms with E-state index in [1.54, 1.807) is 12.1 Å². The predicted octanol–water partition coefficient (Wildman–Crippen LogP) is 5.36. The maximum atomic E-state index is 14.1. The van der Waals surface area contributed by atoms with Crippen molar-refractivity contribution in [2.45, 2.75) is 12.4 Å². The first-order valence-corrected chi connectivity index (χ1v) is 9.75. The van der Waals surface area contributed by atoms with Crippen LogP contribution in [0.2, 0.25) is 0 Å². The molecule has 0 unspecified atom stereocenters. The Hall–Kier alpha value is -2.53. The zero-order chi connectivity index (χ0) is 20.6. The number of hydrogen-bond acceptors (Lipinski definition) is 1. The van der Waals surface area contributed by atoms with Gasteiger partial charge in [-0.25, -0.2) is 0 Å². The smallest absolute Gasteiger partial charge is 0.309 e. The molecule has 0 spiro atoms. The van der Waals surface area contributed by atoms with E-state index >= 15 is 0 Å². The van der Waals surface area contributed by atoms with Gasteiger partial charge < -0.3 is 4.57 Å². The molecule has 0 saturated heterocycles. The highest BCUT2D eigenvalue weighted by Gasteiger charge is 2.43. The van der Waals surface area contributed by atoms with Crippen LogP contribution in [0.15, 0.2) is 78.9 Å². The Kier molecular flexibility index (Phi) is 5.15. The van der Waals surface area contributed by atoms with Crippen molar-refractivity contribution in [3.8, 4) is 0 Å². The molecule has 0 aliphatic rings. The third-order valence-corrected chi connectivity index (χ3v) is 7.33. The van der Waals surface area contributed by atoms with Crippen LogP contribution in [0.4, 0.5) is 26.3 Å². The minimum absolute atomic E-state index is 0.0217. The molecule has 3 aromatic rings. The molecule has 3 rings (SSSR count). The van der Waals surface area contributed by atoms with Gasteiger partial charge in [0, 0.05) is 15.9 Å². The summed E-state index contributed by atoms with van der Waals surface area (Å²) in [6.07, 6.45) is -10.1. The van der Waals surface area contributed by atoms with Crippen LogP contribution in [0, 0.1) is 0 Å². The molecule has 0 saturated carbocycles. The van der Waals surface area contributed by atoms with Gasteiger partial charge in [-0.05, 0) is 18.2 Å². The van der Waals surface area contributed by atoms with Crippen molar-refractivity contribution in [3.05, 3.63) is 90.0 Å². The van der Waals surface area contributed by atoms with Gasteiger partial charge in [-0.15, -0.1) is 0 Å². The van der Waals surface area contributed by atoms with E-state index in [2.05, 4.69) is 0 Å². The zero-order valence-corrected chi connectivity index (χ0v) is 15.0. The van der Waals surface area contributed by atoms with Crippen LogP contribution in [0.1, 0.15) is 11.1 Å². The lowest BCUT2D eigenvalue weighted by Gasteiger charge is -2.24. The number of rotatable bonds is 3. The lowest BCUT2D eigenvalue weighted by molar-refractivity contribution is -0.142. The van der Waals surface area contributed by atoms with E-state index in [-0.39, 0.29) is 16.7 Å². The summed E-state index contributed by atoms with van der Waals surface area (Å²) in [5.41, 5.74) is -3.00. The van der Waals surface area contributed by atoms with Gasteiger partial charge in [-0.1, -0.05) is 60.7 Å². The Balaban J connectivity index is 2.38. The van der Waals surface area contributed by atoms with Gasteiger partial charge in [0.05, 0.1) is 11.1 Å². The fourth-order valence-corrected chi connectivity index (χ4v) is 5.77. The summed E-state index contributed by atoms with van der Waals surface area (Å²) in [6.45, 7) is 0. The highest BCUT2D eigenvalue weighted by molar-refractivity contribution is 7.85. The van der Waals surface area contributed by atoms with Gasteiger partial charge in [-0.2, -0.15) is 26.3 Å². The third kappa shape index (κ3) is 3.72. The first kappa shape index (κ1) is 20.2. The quantitative estimate of drug-likeness (QED) is 0.417. The summed E-state index contributed by atoms with van der Waals surface area (Å²) in [4.78, 5) is 0. The van der Waals surface area contributed by atoms with Crippen molar-refractivity contribution in [3.63, 3.8) is 0 Å². The van der Waals surface area contributed by atoms with Crippen LogP contribution in [0.3, 0.4) is 0 Å². The second-order valence-electron chi connectivity index (χ2n) is 6.01. The van der Waals surface area contributed by atoms with Crippen molar-refractivity contribution in [2.24, 2.45) is 0 Å². The van der Waals surface area contributed by atoms with E-state index in [0.29, 0.717) is 12.1 Å². The molecule has 0 amide bonds. The van der Waals surface area contributed by atoms with E-state index < -0.39 is 35.9 Å². The Morgan fingerprint density at radius 3 is 1.46 bits per heavy atom. The molecule has 0 radical (unpaired) electrons. The van der Waals surface area contributed by atoms with E-state index in [9.17, 15) is 30.9 Å². The molecule has 8 heteroatoms. The van der Waals surface area contributed by atoms with E-state index in [4.69, 9.17) is 0 Å². The first-order valence-electron chi connectivity index (χ1n) is 8.05. The van der Waals surface area contributed by atoms with E-state index in [0.717, 1.165) is 0 Å². The van der Waals surface area contributed by atoms with Gasteiger partial charge in [0.1, 0.15) is 0 Å². The van der Waals surface area contributed by atoms with Gasteiger partial charge in [0.15, 0.2) is 7.14 Å². The molecule has 0 atom stereocenters. The van der Waals surface area contributed by atoms with Gasteiger partial charge >= 0.3 is 12.4 Å². The van der Waals surface area contributed by atoms with Crippen molar-refractivity contribution in [1.82, 2.24) is 0 Å². The monoisotopic (exact) mass is 414 g/mol. The van der Waals surface area contributed by atoms with E-state index in [1.165, 1.54) is 48.5 Å². The predicted molar refractivity (Wildman–Crippen MR) is 95.8 cm³/mol. The zero-order valence-electron chi connectivity index (χ0n) is 14.1. The lowest BCUT2D eigenvalue weighted by Crippen LogP contribution is -2.31. The molecular formula is C20H13F6OP.